The standard InChI is InChI=1S/C9H12N2O/c1-6(2)5-10-9-7(3)12-8(4)11-9/h5H,1H2,2-4H3/b10-5-. The lowest BCUT2D eigenvalue weighted by Gasteiger charge is -1.85. The first-order chi connectivity index (χ1) is 5.59. The zero-order valence-electron chi connectivity index (χ0n) is 7.59. The second-order valence-corrected chi connectivity index (χ2v) is 2.72. The van der Waals surface area contributed by atoms with E-state index in [1.54, 1.807) is 13.1 Å². The molecule has 0 atom stereocenters. The molecule has 0 fully saturated rings. The summed E-state index contributed by atoms with van der Waals surface area (Å²) in [5.41, 5.74) is 0.898. The Labute approximate surface area is 71.8 Å². The summed E-state index contributed by atoms with van der Waals surface area (Å²) in [4.78, 5) is 8.17. The smallest absolute Gasteiger partial charge is 0.194 e. The second-order valence-electron chi connectivity index (χ2n) is 2.72. The third kappa shape index (κ3) is 2.05. The van der Waals surface area contributed by atoms with Crippen molar-refractivity contribution in [1.29, 1.82) is 0 Å². The first-order valence-corrected chi connectivity index (χ1v) is 3.73. The number of aryl methyl sites for hydroxylation is 2. The monoisotopic (exact) mass is 164 g/mol. The molecule has 1 rings (SSSR count). The molecule has 0 saturated carbocycles. The van der Waals surface area contributed by atoms with Crippen molar-refractivity contribution in [3.8, 4) is 0 Å². The van der Waals surface area contributed by atoms with Gasteiger partial charge in [-0.3, -0.25) is 0 Å². The minimum Gasteiger partial charge on any atom is -0.444 e. The van der Waals surface area contributed by atoms with Crippen molar-refractivity contribution in [3.63, 3.8) is 0 Å². The predicted molar refractivity (Wildman–Crippen MR) is 48.9 cm³/mol. The highest BCUT2D eigenvalue weighted by molar-refractivity contribution is 5.79. The maximum absolute atomic E-state index is 5.19. The zero-order valence-corrected chi connectivity index (χ0v) is 7.59. The molecule has 0 N–H and O–H groups in total. The van der Waals surface area contributed by atoms with E-state index < -0.39 is 0 Å². The van der Waals surface area contributed by atoms with Crippen LogP contribution >= 0.6 is 0 Å². The molecule has 0 aromatic carbocycles. The number of rotatable bonds is 2. The van der Waals surface area contributed by atoms with Gasteiger partial charge in [-0.15, -0.1) is 0 Å². The second kappa shape index (κ2) is 3.34. The summed E-state index contributed by atoms with van der Waals surface area (Å²) in [6.07, 6.45) is 1.67. The van der Waals surface area contributed by atoms with Crippen molar-refractivity contribution in [2.24, 2.45) is 4.99 Å². The normalized spacial score (nSPS) is 10.9. The highest BCUT2D eigenvalue weighted by Crippen LogP contribution is 2.17. The highest BCUT2D eigenvalue weighted by atomic mass is 16.4. The molecular weight excluding hydrogens is 152 g/mol. The Hall–Kier alpha value is -1.38. The van der Waals surface area contributed by atoms with Crippen LogP contribution in [-0.4, -0.2) is 11.2 Å². The van der Waals surface area contributed by atoms with E-state index >= 15 is 0 Å². The molecule has 0 unspecified atom stereocenters. The summed E-state index contributed by atoms with van der Waals surface area (Å²) in [5, 5.41) is 0. The molecule has 64 valence electrons. The van der Waals surface area contributed by atoms with Gasteiger partial charge in [-0.2, -0.15) is 4.98 Å². The SMILES string of the molecule is C=C(C)/C=N\c1nc(C)oc1C. The number of allylic oxidation sites excluding steroid dienone is 1. The summed E-state index contributed by atoms with van der Waals surface area (Å²) >= 11 is 0. The van der Waals surface area contributed by atoms with E-state index in [0.29, 0.717) is 11.7 Å². The molecule has 0 bridgehead atoms. The van der Waals surface area contributed by atoms with Crippen molar-refractivity contribution in [3.05, 3.63) is 23.8 Å². The molecule has 3 heteroatoms. The third-order valence-electron chi connectivity index (χ3n) is 1.29. The lowest BCUT2D eigenvalue weighted by atomic mass is 10.4. The van der Waals surface area contributed by atoms with Crippen LogP contribution in [0.2, 0.25) is 0 Å². The van der Waals surface area contributed by atoms with Crippen molar-refractivity contribution in [1.82, 2.24) is 4.98 Å². The van der Waals surface area contributed by atoms with Gasteiger partial charge in [-0.25, -0.2) is 4.99 Å². The topological polar surface area (TPSA) is 38.4 Å². The van der Waals surface area contributed by atoms with Crippen LogP contribution in [0.15, 0.2) is 21.6 Å². The van der Waals surface area contributed by atoms with E-state index in [9.17, 15) is 0 Å². The maximum Gasteiger partial charge on any atom is 0.194 e. The average Bonchev–Trinajstić information content (AvgIpc) is 2.26. The van der Waals surface area contributed by atoms with Gasteiger partial charge in [0.15, 0.2) is 11.7 Å². The Morgan fingerprint density at radius 2 is 2.25 bits per heavy atom. The fourth-order valence-electron chi connectivity index (χ4n) is 0.809. The Kier molecular flexibility index (Phi) is 2.43. The summed E-state index contributed by atoms with van der Waals surface area (Å²) in [5.74, 6) is 2.02. The molecule has 3 nitrogen and oxygen atoms in total. The van der Waals surface area contributed by atoms with E-state index in [1.165, 1.54) is 0 Å². The zero-order chi connectivity index (χ0) is 9.14. The molecule has 0 saturated heterocycles. The summed E-state index contributed by atoms with van der Waals surface area (Å²) in [7, 11) is 0. The summed E-state index contributed by atoms with van der Waals surface area (Å²) in [6.45, 7) is 9.22. The highest BCUT2D eigenvalue weighted by Gasteiger charge is 2.02. The van der Waals surface area contributed by atoms with Gasteiger partial charge < -0.3 is 4.42 Å². The van der Waals surface area contributed by atoms with E-state index in [0.717, 1.165) is 11.3 Å². The van der Waals surface area contributed by atoms with Gasteiger partial charge in [0, 0.05) is 13.1 Å². The minimum absolute atomic E-state index is 0.635. The van der Waals surface area contributed by atoms with Crippen molar-refractivity contribution < 1.29 is 4.42 Å². The number of hydrogen-bond acceptors (Lipinski definition) is 3. The van der Waals surface area contributed by atoms with E-state index in [2.05, 4.69) is 16.6 Å². The molecule has 0 amide bonds. The first kappa shape index (κ1) is 8.71. The van der Waals surface area contributed by atoms with Crippen LogP contribution in [0.4, 0.5) is 5.82 Å². The van der Waals surface area contributed by atoms with Crippen LogP contribution in [0.1, 0.15) is 18.6 Å². The van der Waals surface area contributed by atoms with E-state index in [1.807, 2.05) is 13.8 Å². The fraction of sp³-hybridized carbons (Fsp3) is 0.333. The number of oxazole rings is 1. The van der Waals surface area contributed by atoms with Gasteiger partial charge in [0.05, 0.1) is 0 Å². The van der Waals surface area contributed by atoms with Gasteiger partial charge in [0.1, 0.15) is 5.76 Å². The lowest BCUT2D eigenvalue weighted by Crippen LogP contribution is -1.74. The minimum atomic E-state index is 0.635. The van der Waals surface area contributed by atoms with Crippen LogP contribution in [-0.2, 0) is 0 Å². The van der Waals surface area contributed by atoms with Crippen LogP contribution in [0.25, 0.3) is 0 Å². The Morgan fingerprint density at radius 3 is 2.67 bits per heavy atom. The van der Waals surface area contributed by atoms with E-state index in [-0.39, 0.29) is 0 Å². The van der Waals surface area contributed by atoms with Crippen molar-refractivity contribution >= 4 is 12.0 Å². The van der Waals surface area contributed by atoms with Crippen LogP contribution in [0.3, 0.4) is 0 Å². The molecule has 1 aromatic heterocycles. The van der Waals surface area contributed by atoms with Gasteiger partial charge in [-0.1, -0.05) is 6.58 Å². The number of nitrogens with zero attached hydrogens (tertiary/aromatic N) is 2. The number of aromatic nitrogens is 1. The Morgan fingerprint density at radius 1 is 1.58 bits per heavy atom. The van der Waals surface area contributed by atoms with Crippen LogP contribution in [0, 0.1) is 13.8 Å². The largest absolute Gasteiger partial charge is 0.444 e. The molecule has 12 heavy (non-hydrogen) atoms. The lowest BCUT2D eigenvalue weighted by molar-refractivity contribution is 0.494. The average molecular weight is 164 g/mol. The molecule has 0 aliphatic rings. The Bertz CT molecular complexity index is 323. The Balaban J connectivity index is 2.89. The fourth-order valence-corrected chi connectivity index (χ4v) is 0.809. The first-order valence-electron chi connectivity index (χ1n) is 3.73. The van der Waals surface area contributed by atoms with Gasteiger partial charge in [0.25, 0.3) is 0 Å². The maximum atomic E-state index is 5.19. The summed E-state index contributed by atoms with van der Waals surface area (Å²) < 4.78 is 5.19. The van der Waals surface area contributed by atoms with Crippen LogP contribution in [0.5, 0.6) is 0 Å². The predicted octanol–water partition coefficient (Wildman–Crippen LogP) is 2.57. The molecule has 1 heterocycles. The van der Waals surface area contributed by atoms with Gasteiger partial charge >= 0.3 is 0 Å². The molecular formula is C9H12N2O. The number of aliphatic imine (C=N–C) groups is 1. The van der Waals surface area contributed by atoms with E-state index in [4.69, 9.17) is 4.42 Å². The molecule has 0 aliphatic carbocycles. The van der Waals surface area contributed by atoms with Crippen molar-refractivity contribution in [2.75, 3.05) is 0 Å². The molecule has 0 spiro atoms. The quantitative estimate of drug-likeness (QED) is 0.630. The molecule has 0 radical (unpaired) electrons. The number of hydrogen-bond donors (Lipinski definition) is 0. The summed E-state index contributed by atoms with van der Waals surface area (Å²) in [6, 6.07) is 0. The van der Waals surface area contributed by atoms with Gasteiger partial charge in [-0.05, 0) is 19.4 Å². The molecule has 1 aromatic rings. The van der Waals surface area contributed by atoms with Crippen LogP contribution < -0.4 is 0 Å². The molecule has 0 aliphatic heterocycles. The third-order valence-corrected chi connectivity index (χ3v) is 1.29. The van der Waals surface area contributed by atoms with Crippen molar-refractivity contribution in [2.45, 2.75) is 20.8 Å². The van der Waals surface area contributed by atoms with Gasteiger partial charge in [0.2, 0.25) is 0 Å².